The zero-order chi connectivity index (χ0) is 20.3. The van der Waals surface area contributed by atoms with Gasteiger partial charge >= 0.3 is 0 Å². The third-order valence-corrected chi connectivity index (χ3v) is 6.03. The number of rotatable bonds is 6. The highest BCUT2D eigenvalue weighted by atomic mass is 16.1. The summed E-state index contributed by atoms with van der Waals surface area (Å²) >= 11 is 0. The summed E-state index contributed by atoms with van der Waals surface area (Å²) in [5.41, 5.74) is 6.66. The van der Waals surface area contributed by atoms with Crippen LogP contribution in [-0.4, -0.2) is 19.0 Å². The number of anilines is 1. The molecule has 0 heterocycles. The molecule has 1 amide bonds. The van der Waals surface area contributed by atoms with Gasteiger partial charge in [0.25, 0.3) is 5.91 Å². The Bertz CT molecular complexity index is 884. The number of carbonyl (C=O) groups is 1. The lowest BCUT2D eigenvalue weighted by Crippen LogP contribution is -2.30. The fraction of sp³-hybridized carbons (Fsp3) is 0.400. The van der Waals surface area contributed by atoms with E-state index in [4.69, 9.17) is 0 Å². The van der Waals surface area contributed by atoms with Gasteiger partial charge in [0, 0.05) is 24.3 Å². The van der Waals surface area contributed by atoms with Crippen molar-refractivity contribution >= 4 is 17.7 Å². The molecule has 0 saturated carbocycles. The Morgan fingerprint density at radius 3 is 2.75 bits per heavy atom. The summed E-state index contributed by atoms with van der Waals surface area (Å²) in [5, 5.41) is 3.22. The average Bonchev–Trinajstić information content (AvgIpc) is 2.72. The van der Waals surface area contributed by atoms with E-state index in [0.717, 1.165) is 36.1 Å². The molecule has 1 aliphatic rings. The Hall–Kier alpha value is -2.55. The van der Waals surface area contributed by atoms with E-state index >= 15 is 0 Å². The van der Waals surface area contributed by atoms with Gasteiger partial charge < -0.3 is 10.2 Å². The lowest BCUT2D eigenvalue weighted by atomic mass is 9.90. The van der Waals surface area contributed by atoms with Gasteiger partial charge in [0.1, 0.15) is 0 Å². The molecule has 2 aromatic carbocycles. The maximum Gasteiger partial charge on any atom is 0.252 e. The molecule has 0 aromatic heterocycles. The summed E-state index contributed by atoms with van der Waals surface area (Å²) in [6.07, 6.45) is 7.65. The lowest BCUT2D eigenvalue weighted by molar-refractivity contribution is 0.0939. The largest absolute Gasteiger partial charge is 0.372 e. The van der Waals surface area contributed by atoms with Crippen molar-refractivity contribution in [2.24, 2.45) is 0 Å². The van der Waals surface area contributed by atoms with Crippen molar-refractivity contribution in [1.82, 2.24) is 5.32 Å². The minimum Gasteiger partial charge on any atom is -0.372 e. The zero-order valence-electron chi connectivity index (χ0n) is 17.8. The van der Waals surface area contributed by atoms with Crippen molar-refractivity contribution in [3.05, 3.63) is 70.3 Å². The summed E-state index contributed by atoms with van der Waals surface area (Å²) in [6, 6.07) is 13.0. The van der Waals surface area contributed by atoms with Gasteiger partial charge in [0.2, 0.25) is 0 Å². The minimum absolute atomic E-state index is 0.0122. The number of carbonyl (C=O) groups excluding carboxylic acids is 1. The Labute approximate surface area is 169 Å². The molecule has 1 unspecified atom stereocenters. The normalized spacial score (nSPS) is 14.9. The molecule has 0 spiro atoms. The number of benzene rings is 2. The molecular formula is C25H32N2O. The van der Waals surface area contributed by atoms with Crippen molar-refractivity contribution in [1.29, 1.82) is 0 Å². The van der Waals surface area contributed by atoms with Crippen LogP contribution in [-0.2, 0) is 6.42 Å². The van der Waals surface area contributed by atoms with E-state index in [1.165, 1.54) is 16.7 Å². The summed E-state index contributed by atoms with van der Waals surface area (Å²) in [5.74, 6) is -0.0122. The monoisotopic (exact) mass is 376 g/mol. The molecule has 0 bridgehead atoms. The average molecular weight is 377 g/mol. The number of nitrogens with one attached hydrogen (secondary N) is 1. The topological polar surface area (TPSA) is 32.3 Å². The molecule has 0 aliphatic heterocycles. The predicted molar refractivity (Wildman–Crippen MR) is 119 cm³/mol. The van der Waals surface area contributed by atoms with Crippen molar-refractivity contribution in [2.45, 2.75) is 59.0 Å². The number of amides is 1. The van der Waals surface area contributed by atoms with Crippen LogP contribution in [0, 0.1) is 6.92 Å². The molecule has 3 heteroatoms. The zero-order valence-corrected chi connectivity index (χ0v) is 17.8. The number of fused-ring (bicyclic) bond motifs is 1. The number of hydrogen-bond donors (Lipinski definition) is 1. The Balaban J connectivity index is 1.83. The number of nitrogens with zero attached hydrogens (tertiary/aromatic N) is 1. The quantitative estimate of drug-likeness (QED) is 0.703. The van der Waals surface area contributed by atoms with Crippen LogP contribution in [0.5, 0.6) is 0 Å². The summed E-state index contributed by atoms with van der Waals surface area (Å²) in [4.78, 5) is 15.3. The van der Waals surface area contributed by atoms with Gasteiger partial charge in [-0.15, -0.1) is 0 Å². The van der Waals surface area contributed by atoms with Crippen molar-refractivity contribution in [2.75, 3.05) is 11.9 Å². The molecule has 2 aromatic rings. The highest BCUT2D eigenvalue weighted by Crippen LogP contribution is 2.28. The predicted octanol–water partition coefficient (Wildman–Crippen LogP) is 5.68. The van der Waals surface area contributed by atoms with Gasteiger partial charge in [-0.3, -0.25) is 4.79 Å². The van der Waals surface area contributed by atoms with E-state index < -0.39 is 0 Å². The van der Waals surface area contributed by atoms with Crippen LogP contribution < -0.4 is 10.2 Å². The van der Waals surface area contributed by atoms with Gasteiger partial charge in [-0.25, -0.2) is 0 Å². The second-order valence-electron chi connectivity index (χ2n) is 7.92. The van der Waals surface area contributed by atoms with E-state index in [0.29, 0.717) is 6.04 Å². The first kappa shape index (κ1) is 20.2. The second-order valence-corrected chi connectivity index (χ2v) is 7.92. The number of hydrogen-bond acceptors (Lipinski definition) is 2. The number of allylic oxidation sites excluding steroid dienone is 1. The van der Waals surface area contributed by atoms with Crippen LogP contribution >= 0.6 is 0 Å². The van der Waals surface area contributed by atoms with E-state index in [-0.39, 0.29) is 11.9 Å². The Morgan fingerprint density at radius 1 is 1.21 bits per heavy atom. The van der Waals surface area contributed by atoms with Gasteiger partial charge in [-0.05, 0) is 74.4 Å². The van der Waals surface area contributed by atoms with E-state index in [9.17, 15) is 4.79 Å². The van der Waals surface area contributed by atoms with Crippen molar-refractivity contribution in [3.63, 3.8) is 0 Å². The SMILES string of the molecule is CCC(C)N(C)c1ccc(C)c(C(=O)N[C@H](C)c2cccc3c2C=CCC3)c1. The Kier molecular flexibility index (Phi) is 6.23. The van der Waals surface area contributed by atoms with Gasteiger partial charge in [-0.1, -0.05) is 43.3 Å². The second kappa shape index (κ2) is 8.64. The first-order chi connectivity index (χ1) is 13.4. The van der Waals surface area contributed by atoms with Crippen molar-refractivity contribution in [3.8, 4) is 0 Å². The molecule has 148 valence electrons. The molecule has 28 heavy (non-hydrogen) atoms. The smallest absolute Gasteiger partial charge is 0.252 e. The third kappa shape index (κ3) is 4.14. The summed E-state index contributed by atoms with van der Waals surface area (Å²) in [7, 11) is 2.09. The molecule has 0 radical (unpaired) electrons. The standard InChI is InChI=1S/C25H32N2O/c1-6-18(3)27(5)21-15-14-17(2)24(16-21)25(28)26-19(4)22-13-9-11-20-10-7-8-12-23(20)22/h8-9,11-16,18-19H,6-7,10H2,1-5H3,(H,26,28)/t18?,19-/m1/s1. The van der Waals surface area contributed by atoms with Crippen LogP contribution in [0.1, 0.15) is 72.3 Å². The highest BCUT2D eigenvalue weighted by Gasteiger charge is 2.19. The molecule has 0 fully saturated rings. The fourth-order valence-corrected chi connectivity index (χ4v) is 3.83. The molecule has 1 N–H and O–H groups in total. The van der Waals surface area contributed by atoms with Gasteiger partial charge in [0.05, 0.1) is 6.04 Å². The number of aryl methyl sites for hydroxylation is 2. The van der Waals surface area contributed by atoms with Crippen molar-refractivity contribution < 1.29 is 4.79 Å². The van der Waals surface area contributed by atoms with Crippen LogP contribution in [0.25, 0.3) is 6.08 Å². The van der Waals surface area contributed by atoms with Crippen LogP contribution in [0.2, 0.25) is 0 Å². The van der Waals surface area contributed by atoms with E-state index in [2.05, 4.69) is 74.5 Å². The highest BCUT2D eigenvalue weighted by molar-refractivity contribution is 5.97. The summed E-state index contributed by atoms with van der Waals surface area (Å²) in [6.45, 7) is 8.45. The van der Waals surface area contributed by atoms with Gasteiger partial charge in [-0.2, -0.15) is 0 Å². The molecule has 3 nitrogen and oxygen atoms in total. The Morgan fingerprint density at radius 2 is 2.00 bits per heavy atom. The summed E-state index contributed by atoms with van der Waals surface area (Å²) < 4.78 is 0. The van der Waals surface area contributed by atoms with Crippen LogP contribution in [0.3, 0.4) is 0 Å². The maximum atomic E-state index is 13.1. The maximum absolute atomic E-state index is 13.1. The van der Waals surface area contributed by atoms with Crippen LogP contribution in [0.4, 0.5) is 5.69 Å². The minimum atomic E-state index is -0.0412. The molecule has 2 atom stereocenters. The first-order valence-electron chi connectivity index (χ1n) is 10.3. The van der Waals surface area contributed by atoms with E-state index in [1.807, 2.05) is 19.1 Å². The molecule has 1 aliphatic carbocycles. The van der Waals surface area contributed by atoms with E-state index in [1.54, 1.807) is 0 Å². The molecule has 3 rings (SSSR count). The molecule has 0 saturated heterocycles. The fourth-order valence-electron chi connectivity index (χ4n) is 3.83. The molecular weight excluding hydrogens is 344 g/mol. The third-order valence-electron chi connectivity index (χ3n) is 6.03. The first-order valence-corrected chi connectivity index (χ1v) is 10.3. The lowest BCUT2D eigenvalue weighted by Gasteiger charge is -2.27. The van der Waals surface area contributed by atoms with Gasteiger partial charge in [0.15, 0.2) is 0 Å². The van der Waals surface area contributed by atoms with Crippen LogP contribution in [0.15, 0.2) is 42.5 Å².